The molecule has 0 fully saturated rings. The Balaban J connectivity index is 1.91. The van der Waals surface area contributed by atoms with Crippen molar-refractivity contribution in [2.24, 2.45) is 0 Å². The molecule has 1 amide bonds. The largest absolute Gasteiger partial charge is 0.361 e. The summed E-state index contributed by atoms with van der Waals surface area (Å²) >= 11 is 0. The third-order valence-electron chi connectivity index (χ3n) is 4.42. The highest BCUT2D eigenvalue weighted by Crippen LogP contribution is 2.27. The van der Waals surface area contributed by atoms with Gasteiger partial charge in [0.2, 0.25) is 0 Å². The Hall–Kier alpha value is -3.35. The van der Waals surface area contributed by atoms with Crippen LogP contribution >= 0.6 is 0 Å². The molecule has 1 aromatic carbocycles. The number of nitrogens with zero attached hydrogens (tertiary/aromatic N) is 6. The highest BCUT2D eigenvalue weighted by atomic mass is 16.2. The van der Waals surface area contributed by atoms with Gasteiger partial charge in [-0.25, -0.2) is 15.0 Å². The second-order valence-electron chi connectivity index (χ2n) is 6.43. The highest BCUT2D eigenvalue weighted by molar-refractivity contribution is 5.95. The molecular weight excluding hydrogens is 340 g/mol. The maximum absolute atomic E-state index is 13.0. The second kappa shape index (κ2) is 7.90. The molecule has 0 aliphatic rings. The first kappa shape index (κ1) is 18.4. The van der Waals surface area contributed by atoms with Crippen LogP contribution in [0.5, 0.6) is 0 Å². The molecule has 3 rings (SSSR count). The van der Waals surface area contributed by atoms with Crippen molar-refractivity contribution in [1.29, 1.82) is 0 Å². The van der Waals surface area contributed by atoms with Crippen molar-refractivity contribution in [2.75, 3.05) is 26.0 Å². The van der Waals surface area contributed by atoms with E-state index in [1.165, 1.54) is 6.33 Å². The molecule has 7 nitrogen and oxygen atoms in total. The molecule has 0 spiro atoms. The fourth-order valence-electron chi connectivity index (χ4n) is 2.79. The van der Waals surface area contributed by atoms with Gasteiger partial charge in [-0.15, -0.1) is 0 Å². The maximum Gasteiger partial charge on any atom is 0.254 e. The lowest BCUT2D eigenvalue weighted by Crippen LogP contribution is -2.30. The van der Waals surface area contributed by atoms with Gasteiger partial charge in [-0.05, 0) is 25.1 Å². The lowest BCUT2D eigenvalue weighted by molar-refractivity contribution is 0.0739. The van der Waals surface area contributed by atoms with Crippen molar-refractivity contribution >= 4 is 11.7 Å². The van der Waals surface area contributed by atoms with E-state index in [4.69, 9.17) is 0 Å². The van der Waals surface area contributed by atoms with Crippen LogP contribution in [-0.2, 0) is 0 Å². The maximum atomic E-state index is 13.0. The summed E-state index contributed by atoms with van der Waals surface area (Å²) in [6, 6.07) is 9.09. The first-order chi connectivity index (χ1) is 13.0. The van der Waals surface area contributed by atoms with Crippen molar-refractivity contribution in [3.05, 3.63) is 66.5 Å². The molecule has 138 valence electrons. The summed E-state index contributed by atoms with van der Waals surface area (Å²) < 4.78 is 0. The number of anilines is 1. The summed E-state index contributed by atoms with van der Waals surface area (Å²) in [6.07, 6.45) is 6.47. The zero-order chi connectivity index (χ0) is 19.4. The Morgan fingerprint density at radius 3 is 2.48 bits per heavy atom. The molecule has 0 aliphatic carbocycles. The fraction of sp³-hybridized carbons (Fsp3) is 0.250. The first-order valence-electron chi connectivity index (χ1n) is 8.61. The molecule has 0 saturated carbocycles. The Labute approximate surface area is 158 Å². The van der Waals surface area contributed by atoms with E-state index in [0.717, 1.165) is 22.8 Å². The van der Waals surface area contributed by atoms with Gasteiger partial charge in [-0.2, -0.15) is 0 Å². The van der Waals surface area contributed by atoms with E-state index < -0.39 is 0 Å². The van der Waals surface area contributed by atoms with Crippen molar-refractivity contribution in [2.45, 2.75) is 13.0 Å². The number of aromatic nitrogens is 4. The third-order valence-corrected chi connectivity index (χ3v) is 4.42. The van der Waals surface area contributed by atoms with Gasteiger partial charge < -0.3 is 9.80 Å². The lowest BCUT2D eigenvalue weighted by Gasteiger charge is -2.24. The standard InChI is InChI=1S/C20H22N6O/c1-14(17-8-9-21-13-24-17)26(4)20(27)16-7-5-6-15(12-16)18-19(25(2)3)23-11-10-22-18/h5-14H,1-4H3/t14-/m1/s1. The smallest absolute Gasteiger partial charge is 0.254 e. The van der Waals surface area contributed by atoms with E-state index >= 15 is 0 Å². The summed E-state index contributed by atoms with van der Waals surface area (Å²) in [5, 5.41) is 0. The minimum atomic E-state index is -0.169. The van der Waals surface area contributed by atoms with Gasteiger partial charge in [0, 0.05) is 50.9 Å². The van der Waals surface area contributed by atoms with Crippen molar-refractivity contribution < 1.29 is 4.79 Å². The van der Waals surface area contributed by atoms with Crippen LogP contribution in [0.4, 0.5) is 5.82 Å². The summed E-state index contributed by atoms with van der Waals surface area (Å²) in [7, 11) is 5.61. The van der Waals surface area contributed by atoms with Crippen LogP contribution in [0.2, 0.25) is 0 Å². The third kappa shape index (κ3) is 3.92. The zero-order valence-electron chi connectivity index (χ0n) is 15.9. The zero-order valence-corrected chi connectivity index (χ0v) is 15.9. The van der Waals surface area contributed by atoms with Gasteiger partial charge >= 0.3 is 0 Å². The van der Waals surface area contributed by atoms with Crippen LogP contribution in [0, 0.1) is 0 Å². The summed E-state index contributed by atoms with van der Waals surface area (Å²) in [4.78, 5) is 33.6. The topological polar surface area (TPSA) is 75.1 Å². The predicted molar refractivity (Wildman–Crippen MR) is 104 cm³/mol. The Bertz CT molecular complexity index is 929. The number of hydrogen-bond acceptors (Lipinski definition) is 6. The lowest BCUT2D eigenvalue weighted by atomic mass is 10.1. The number of rotatable bonds is 5. The van der Waals surface area contributed by atoms with E-state index in [1.54, 1.807) is 36.6 Å². The average Bonchev–Trinajstić information content (AvgIpc) is 2.72. The summed E-state index contributed by atoms with van der Waals surface area (Å²) in [5.41, 5.74) is 2.97. The van der Waals surface area contributed by atoms with Gasteiger partial charge in [-0.1, -0.05) is 12.1 Å². The minimum absolute atomic E-state index is 0.0849. The Morgan fingerprint density at radius 1 is 1.00 bits per heavy atom. The number of carbonyl (C=O) groups is 1. The van der Waals surface area contributed by atoms with Crippen LogP contribution in [0.15, 0.2) is 55.2 Å². The highest BCUT2D eigenvalue weighted by Gasteiger charge is 2.20. The van der Waals surface area contributed by atoms with Crippen LogP contribution in [0.25, 0.3) is 11.3 Å². The van der Waals surface area contributed by atoms with Crippen LogP contribution in [-0.4, -0.2) is 51.9 Å². The molecular formula is C20H22N6O. The summed E-state index contributed by atoms with van der Waals surface area (Å²) in [6.45, 7) is 1.94. The molecule has 0 aliphatic heterocycles. The molecule has 0 radical (unpaired) electrons. The Morgan fingerprint density at radius 2 is 1.78 bits per heavy atom. The molecule has 0 bridgehead atoms. The van der Waals surface area contributed by atoms with Crippen LogP contribution in [0.1, 0.15) is 29.0 Å². The van der Waals surface area contributed by atoms with E-state index in [9.17, 15) is 4.79 Å². The molecule has 1 atom stereocenters. The Kier molecular flexibility index (Phi) is 5.40. The summed E-state index contributed by atoms with van der Waals surface area (Å²) in [5.74, 6) is 0.670. The molecule has 3 aromatic rings. The van der Waals surface area contributed by atoms with Crippen LogP contribution in [0.3, 0.4) is 0 Å². The second-order valence-corrected chi connectivity index (χ2v) is 6.43. The van der Waals surface area contributed by atoms with Gasteiger partial charge in [-0.3, -0.25) is 9.78 Å². The van der Waals surface area contributed by atoms with Crippen LogP contribution < -0.4 is 4.90 Å². The predicted octanol–water partition coefficient (Wildman–Crippen LogP) is 2.83. The van der Waals surface area contributed by atoms with Gasteiger partial charge in [0.1, 0.15) is 12.0 Å². The van der Waals surface area contributed by atoms with E-state index in [2.05, 4.69) is 19.9 Å². The number of benzene rings is 1. The normalized spacial score (nSPS) is 11.7. The fourth-order valence-corrected chi connectivity index (χ4v) is 2.79. The van der Waals surface area contributed by atoms with Crippen molar-refractivity contribution in [3.63, 3.8) is 0 Å². The molecule has 0 N–H and O–H groups in total. The van der Waals surface area contributed by atoms with E-state index in [1.807, 2.05) is 50.2 Å². The van der Waals surface area contributed by atoms with Crippen molar-refractivity contribution in [1.82, 2.24) is 24.8 Å². The average molecular weight is 362 g/mol. The van der Waals surface area contributed by atoms with Gasteiger partial charge in [0.05, 0.1) is 11.7 Å². The van der Waals surface area contributed by atoms with Gasteiger partial charge in [0.25, 0.3) is 5.91 Å². The minimum Gasteiger partial charge on any atom is -0.361 e. The monoisotopic (exact) mass is 362 g/mol. The van der Waals surface area contributed by atoms with Gasteiger partial charge in [0.15, 0.2) is 5.82 Å². The number of amides is 1. The van der Waals surface area contributed by atoms with Crippen molar-refractivity contribution in [3.8, 4) is 11.3 Å². The quantitative estimate of drug-likeness (QED) is 0.695. The van der Waals surface area contributed by atoms with E-state index in [0.29, 0.717) is 5.56 Å². The molecule has 2 heterocycles. The molecule has 0 unspecified atom stereocenters. The van der Waals surface area contributed by atoms with E-state index in [-0.39, 0.29) is 11.9 Å². The molecule has 7 heteroatoms. The number of hydrogen-bond donors (Lipinski definition) is 0. The first-order valence-corrected chi connectivity index (χ1v) is 8.61. The molecule has 0 saturated heterocycles. The molecule has 2 aromatic heterocycles. The molecule has 27 heavy (non-hydrogen) atoms. The SMILES string of the molecule is C[C@H](c1ccncn1)N(C)C(=O)c1cccc(-c2nccnc2N(C)C)c1. The number of carbonyl (C=O) groups excluding carboxylic acids is 1.